The van der Waals surface area contributed by atoms with Crippen LogP contribution < -0.4 is 5.32 Å². The van der Waals surface area contributed by atoms with E-state index in [1.165, 1.54) is 0 Å². The fourth-order valence-electron chi connectivity index (χ4n) is 2.86. The van der Waals surface area contributed by atoms with Gasteiger partial charge in [-0.1, -0.05) is 36.8 Å². The average molecular weight is 333 g/mol. The predicted molar refractivity (Wildman–Crippen MR) is 91.4 cm³/mol. The third-order valence-corrected chi connectivity index (χ3v) is 3.95. The van der Waals surface area contributed by atoms with Crippen LogP contribution in [-0.2, 0) is 20.9 Å². The highest BCUT2D eigenvalue weighted by Gasteiger charge is 2.30. The minimum atomic E-state index is -0.521. The molecule has 1 aromatic rings. The van der Waals surface area contributed by atoms with Crippen LogP contribution in [0.5, 0.6) is 0 Å². The van der Waals surface area contributed by atoms with Gasteiger partial charge in [0.05, 0.1) is 5.92 Å². The largest absolute Gasteiger partial charge is 0.461 e. The number of benzene rings is 1. The van der Waals surface area contributed by atoms with E-state index in [0.29, 0.717) is 13.0 Å². The minimum absolute atomic E-state index is 0.0390. The molecule has 1 amide bonds. The molecule has 0 heterocycles. The molecule has 2 unspecified atom stereocenters. The van der Waals surface area contributed by atoms with Crippen LogP contribution in [0, 0.1) is 5.92 Å². The first-order chi connectivity index (χ1) is 11.3. The molecule has 0 aromatic heterocycles. The quantitative estimate of drug-likeness (QED) is 0.851. The van der Waals surface area contributed by atoms with Gasteiger partial charge in [-0.15, -0.1) is 0 Å². The van der Waals surface area contributed by atoms with E-state index in [9.17, 15) is 9.59 Å². The molecule has 5 heteroatoms. The van der Waals surface area contributed by atoms with E-state index < -0.39 is 11.7 Å². The number of carbonyl (C=O) groups is 2. The number of rotatable bonds is 4. The molecule has 2 atom stereocenters. The summed E-state index contributed by atoms with van der Waals surface area (Å²) in [5.74, 6) is -0.350. The van der Waals surface area contributed by atoms with Crippen molar-refractivity contribution in [2.45, 2.75) is 64.7 Å². The van der Waals surface area contributed by atoms with Gasteiger partial charge in [-0.2, -0.15) is 0 Å². The summed E-state index contributed by atoms with van der Waals surface area (Å²) in [5.41, 5.74) is 0.456. The van der Waals surface area contributed by atoms with Gasteiger partial charge in [0.15, 0.2) is 0 Å². The number of alkyl carbamates (subject to hydrolysis) is 1. The number of nitrogens with one attached hydrogen (secondary N) is 1. The van der Waals surface area contributed by atoms with Gasteiger partial charge in [-0.05, 0) is 45.6 Å². The minimum Gasteiger partial charge on any atom is -0.461 e. The van der Waals surface area contributed by atoms with Gasteiger partial charge in [-0.3, -0.25) is 4.79 Å². The normalized spacial score (nSPS) is 21.0. The molecule has 0 bridgehead atoms. The second-order valence-electron chi connectivity index (χ2n) is 7.30. The van der Waals surface area contributed by atoms with Crippen molar-refractivity contribution in [3.63, 3.8) is 0 Å². The van der Waals surface area contributed by atoms with Crippen molar-refractivity contribution in [3.8, 4) is 0 Å². The van der Waals surface area contributed by atoms with Crippen molar-refractivity contribution < 1.29 is 19.1 Å². The van der Waals surface area contributed by atoms with Crippen LogP contribution in [0.2, 0.25) is 0 Å². The third kappa shape index (κ3) is 6.22. The summed E-state index contributed by atoms with van der Waals surface area (Å²) < 4.78 is 10.7. The lowest BCUT2D eigenvalue weighted by Gasteiger charge is -2.29. The molecular formula is C19H27NO4. The highest BCUT2D eigenvalue weighted by atomic mass is 16.6. The third-order valence-electron chi connectivity index (χ3n) is 3.95. The van der Waals surface area contributed by atoms with Crippen LogP contribution in [0.4, 0.5) is 4.79 Å². The van der Waals surface area contributed by atoms with Gasteiger partial charge in [0.2, 0.25) is 0 Å². The standard InChI is InChI=1S/C19H27NO4/c1-19(2,3)24-18(22)20-16-11-7-10-15(12-16)17(21)23-13-14-8-5-4-6-9-14/h4-6,8-9,15-16H,7,10-13H2,1-3H3,(H,20,22). The smallest absolute Gasteiger partial charge is 0.407 e. The number of esters is 1. The molecule has 0 aliphatic heterocycles. The summed E-state index contributed by atoms with van der Waals surface area (Å²) in [6.07, 6.45) is 2.74. The molecule has 24 heavy (non-hydrogen) atoms. The molecule has 0 saturated heterocycles. The molecule has 1 aliphatic rings. The monoisotopic (exact) mass is 333 g/mol. The van der Waals surface area contributed by atoms with Crippen LogP contribution in [-0.4, -0.2) is 23.7 Å². The first-order valence-electron chi connectivity index (χ1n) is 8.53. The van der Waals surface area contributed by atoms with Crippen LogP contribution in [0.15, 0.2) is 30.3 Å². The van der Waals surface area contributed by atoms with E-state index >= 15 is 0 Å². The summed E-state index contributed by atoms with van der Waals surface area (Å²) in [4.78, 5) is 24.1. The van der Waals surface area contributed by atoms with E-state index in [4.69, 9.17) is 9.47 Å². The molecule has 132 valence electrons. The van der Waals surface area contributed by atoms with E-state index in [1.54, 1.807) is 0 Å². The van der Waals surface area contributed by atoms with Crippen molar-refractivity contribution in [2.24, 2.45) is 5.92 Å². The molecule has 0 spiro atoms. The second-order valence-corrected chi connectivity index (χ2v) is 7.30. The Bertz CT molecular complexity index is 550. The van der Waals surface area contributed by atoms with Gasteiger partial charge in [0.25, 0.3) is 0 Å². The summed E-state index contributed by atoms with van der Waals surface area (Å²) in [6, 6.07) is 9.60. The number of amides is 1. The molecule has 5 nitrogen and oxygen atoms in total. The van der Waals surface area contributed by atoms with Crippen molar-refractivity contribution >= 4 is 12.1 Å². The molecule has 1 saturated carbocycles. The summed E-state index contributed by atoms with van der Waals surface area (Å²) in [7, 11) is 0. The fraction of sp³-hybridized carbons (Fsp3) is 0.579. The molecule has 2 rings (SSSR count). The Morgan fingerprint density at radius 1 is 1.17 bits per heavy atom. The maximum Gasteiger partial charge on any atom is 0.407 e. The van der Waals surface area contributed by atoms with Crippen molar-refractivity contribution in [3.05, 3.63) is 35.9 Å². The topological polar surface area (TPSA) is 64.6 Å². The average Bonchev–Trinajstić information content (AvgIpc) is 2.52. The fourth-order valence-corrected chi connectivity index (χ4v) is 2.86. The maximum atomic E-state index is 12.3. The molecule has 1 N–H and O–H groups in total. The predicted octanol–water partition coefficient (Wildman–Crippen LogP) is 3.81. The first kappa shape index (κ1) is 18.3. The highest BCUT2D eigenvalue weighted by molar-refractivity contribution is 5.73. The zero-order valence-corrected chi connectivity index (χ0v) is 14.7. The zero-order valence-electron chi connectivity index (χ0n) is 14.7. The first-order valence-corrected chi connectivity index (χ1v) is 8.53. The zero-order chi connectivity index (χ0) is 17.6. The summed E-state index contributed by atoms with van der Waals surface area (Å²) in [5, 5.41) is 2.87. The lowest BCUT2D eigenvalue weighted by Crippen LogP contribution is -2.42. The van der Waals surface area contributed by atoms with Gasteiger partial charge < -0.3 is 14.8 Å². The Morgan fingerprint density at radius 2 is 1.88 bits per heavy atom. The van der Waals surface area contributed by atoms with Crippen molar-refractivity contribution in [1.29, 1.82) is 0 Å². The number of hydrogen-bond donors (Lipinski definition) is 1. The Balaban J connectivity index is 1.79. The van der Waals surface area contributed by atoms with E-state index in [0.717, 1.165) is 24.8 Å². The highest BCUT2D eigenvalue weighted by Crippen LogP contribution is 2.26. The van der Waals surface area contributed by atoms with Gasteiger partial charge >= 0.3 is 12.1 Å². The Kier molecular flexibility index (Phi) is 6.23. The lowest BCUT2D eigenvalue weighted by atomic mass is 9.86. The van der Waals surface area contributed by atoms with Gasteiger partial charge in [-0.25, -0.2) is 4.79 Å². The number of ether oxygens (including phenoxy) is 2. The van der Waals surface area contributed by atoms with Crippen LogP contribution in [0.1, 0.15) is 52.0 Å². The SMILES string of the molecule is CC(C)(C)OC(=O)NC1CCCC(C(=O)OCc2ccccc2)C1. The Hall–Kier alpha value is -2.04. The molecule has 1 fully saturated rings. The molecule has 1 aromatic carbocycles. The van der Waals surface area contributed by atoms with Crippen LogP contribution in [0.25, 0.3) is 0 Å². The van der Waals surface area contributed by atoms with Gasteiger partial charge in [0.1, 0.15) is 12.2 Å². The second kappa shape index (κ2) is 8.18. The van der Waals surface area contributed by atoms with Crippen molar-refractivity contribution in [2.75, 3.05) is 0 Å². The number of hydrogen-bond acceptors (Lipinski definition) is 4. The van der Waals surface area contributed by atoms with Gasteiger partial charge in [0, 0.05) is 6.04 Å². The molecule has 1 aliphatic carbocycles. The summed E-state index contributed by atoms with van der Waals surface area (Å²) in [6.45, 7) is 5.78. The van der Waals surface area contributed by atoms with Crippen LogP contribution >= 0.6 is 0 Å². The van der Waals surface area contributed by atoms with E-state index in [2.05, 4.69) is 5.32 Å². The lowest BCUT2D eigenvalue weighted by molar-refractivity contribution is -0.151. The van der Waals surface area contributed by atoms with E-state index in [-0.39, 0.29) is 17.9 Å². The molecule has 0 radical (unpaired) electrons. The van der Waals surface area contributed by atoms with Crippen LogP contribution in [0.3, 0.4) is 0 Å². The molecular weight excluding hydrogens is 306 g/mol. The van der Waals surface area contributed by atoms with Crippen molar-refractivity contribution in [1.82, 2.24) is 5.32 Å². The Labute approximate surface area is 143 Å². The summed E-state index contributed by atoms with van der Waals surface area (Å²) >= 11 is 0. The maximum absolute atomic E-state index is 12.3. The van der Waals surface area contributed by atoms with E-state index in [1.807, 2.05) is 51.1 Å². The Morgan fingerprint density at radius 3 is 2.54 bits per heavy atom. The number of carbonyl (C=O) groups excluding carboxylic acids is 2.